The van der Waals surface area contributed by atoms with E-state index in [1.54, 1.807) is 54.5 Å². The molecule has 1 aromatic heterocycles. The van der Waals surface area contributed by atoms with Crippen molar-refractivity contribution in [3.63, 3.8) is 0 Å². The first kappa shape index (κ1) is 35.9. The van der Waals surface area contributed by atoms with Gasteiger partial charge in [-0.3, -0.25) is 14.3 Å². The van der Waals surface area contributed by atoms with Gasteiger partial charge in [0.05, 0.1) is 49.6 Å². The number of esters is 1. The number of fused-ring (bicyclic) bond motifs is 2. The summed E-state index contributed by atoms with van der Waals surface area (Å²) in [6, 6.07) is 13.9. The van der Waals surface area contributed by atoms with E-state index in [2.05, 4.69) is 9.88 Å². The van der Waals surface area contributed by atoms with Gasteiger partial charge in [-0.15, -0.1) is 0 Å². The molecule has 0 bridgehead atoms. The number of hydrogen-bond donors (Lipinski definition) is 1. The van der Waals surface area contributed by atoms with Gasteiger partial charge < -0.3 is 24.0 Å². The normalized spacial score (nSPS) is 21.1. The van der Waals surface area contributed by atoms with E-state index in [9.17, 15) is 26.4 Å². The maximum Gasteiger partial charge on any atom is 0.332 e. The van der Waals surface area contributed by atoms with Gasteiger partial charge in [0.2, 0.25) is 15.9 Å². The largest absolute Gasteiger partial charge is 0.464 e. The lowest BCUT2D eigenvalue weighted by Gasteiger charge is -2.45. The zero-order valence-electron chi connectivity index (χ0n) is 26.4. The molecule has 14 nitrogen and oxygen atoms in total. The Morgan fingerprint density at radius 1 is 1.02 bits per heavy atom. The Bertz CT molecular complexity index is 1860. The number of anilines is 1. The number of halogens is 1. The quantitative estimate of drug-likeness (QED) is 0.266. The van der Waals surface area contributed by atoms with Crippen molar-refractivity contribution in [3.05, 3.63) is 65.9 Å². The fraction of sp³-hybridized carbons (Fsp3) is 0.452. The molecule has 1 spiro atoms. The van der Waals surface area contributed by atoms with Gasteiger partial charge in [0.15, 0.2) is 5.72 Å². The third-order valence-corrected chi connectivity index (χ3v) is 10.4. The number of amides is 1. The van der Waals surface area contributed by atoms with E-state index < -0.39 is 37.4 Å². The Morgan fingerprint density at radius 2 is 1.67 bits per heavy atom. The van der Waals surface area contributed by atoms with E-state index >= 15 is 0 Å². The van der Waals surface area contributed by atoms with Crippen LogP contribution in [0.15, 0.2) is 65.8 Å². The Hall–Kier alpha value is -3.38. The first-order valence-corrected chi connectivity index (χ1v) is 18.8. The van der Waals surface area contributed by atoms with Crippen LogP contribution in [0, 0.1) is 0 Å². The van der Waals surface area contributed by atoms with Crippen LogP contribution in [0.4, 0.5) is 5.69 Å². The number of piperazine rings is 1. The van der Waals surface area contributed by atoms with Gasteiger partial charge >= 0.3 is 5.97 Å². The molecule has 3 saturated heterocycles. The van der Waals surface area contributed by atoms with Crippen molar-refractivity contribution in [1.29, 1.82) is 0 Å². The minimum Gasteiger partial charge on any atom is -0.464 e. The molecular formula is C31H37ClN4O10S2. The summed E-state index contributed by atoms with van der Waals surface area (Å²) in [7, 11) is -7.77. The molecule has 48 heavy (non-hydrogen) atoms. The molecule has 1 N–H and O–H groups in total. The zero-order valence-corrected chi connectivity index (χ0v) is 28.8. The first-order chi connectivity index (χ1) is 22.6. The Kier molecular flexibility index (Phi) is 10.6. The molecule has 1 atom stereocenters. The number of piperidine rings is 1. The highest BCUT2D eigenvalue weighted by Gasteiger charge is 2.61. The maximum atomic E-state index is 14.0. The Labute approximate surface area is 284 Å². The molecule has 17 heteroatoms. The fourth-order valence-electron chi connectivity index (χ4n) is 6.23. The van der Waals surface area contributed by atoms with Crippen LogP contribution in [0.3, 0.4) is 0 Å². The number of sulfonamides is 1. The minimum atomic E-state index is -4.10. The van der Waals surface area contributed by atoms with Gasteiger partial charge in [-0.2, -0.15) is 12.7 Å². The summed E-state index contributed by atoms with van der Waals surface area (Å²) in [5.41, 5.74) is -1.04. The fourth-order valence-corrected chi connectivity index (χ4v) is 7.88. The van der Waals surface area contributed by atoms with Crippen molar-refractivity contribution in [3.8, 4) is 0 Å². The summed E-state index contributed by atoms with van der Waals surface area (Å²) in [5, 5.41) is 2.06. The van der Waals surface area contributed by atoms with Crippen molar-refractivity contribution >= 4 is 60.1 Å². The van der Waals surface area contributed by atoms with Crippen LogP contribution < -0.4 is 4.90 Å². The summed E-state index contributed by atoms with van der Waals surface area (Å²) in [4.78, 5) is 33.7. The van der Waals surface area contributed by atoms with E-state index in [1.807, 2.05) is 12.1 Å². The number of carbonyl (C=O) groups is 2. The smallest absolute Gasteiger partial charge is 0.332 e. The van der Waals surface area contributed by atoms with Crippen LogP contribution in [-0.4, -0.2) is 118 Å². The lowest BCUT2D eigenvalue weighted by molar-refractivity contribution is -0.199. The monoisotopic (exact) mass is 724 g/mol. The van der Waals surface area contributed by atoms with Gasteiger partial charge in [0.25, 0.3) is 10.1 Å². The van der Waals surface area contributed by atoms with Crippen LogP contribution in [-0.2, 0) is 43.9 Å². The topological polar surface area (TPSA) is 173 Å². The second kappa shape index (κ2) is 14.2. The van der Waals surface area contributed by atoms with E-state index in [1.165, 1.54) is 6.07 Å². The van der Waals surface area contributed by atoms with Gasteiger partial charge in [0.1, 0.15) is 6.61 Å². The molecule has 3 aromatic rings. The summed E-state index contributed by atoms with van der Waals surface area (Å²) in [6.07, 6.45) is 5.46. The molecule has 3 fully saturated rings. The highest BCUT2D eigenvalue weighted by Crippen LogP contribution is 2.44. The molecule has 1 unspecified atom stereocenters. The number of carbonyl (C=O) groups excluding carboxylic acids is 2. The van der Waals surface area contributed by atoms with Crippen LogP contribution in [0.25, 0.3) is 10.8 Å². The van der Waals surface area contributed by atoms with Crippen LogP contribution in [0.5, 0.6) is 0 Å². The van der Waals surface area contributed by atoms with E-state index in [-0.39, 0.29) is 43.7 Å². The Balaban J connectivity index is 0.000000840. The number of ether oxygens (including phenoxy) is 3. The highest BCUT2D eigenvalue weighted by atomic mass is 35.5. The maximum absolute atomic E-state index is 14.0. The van der Waals surface area contributed by atoms with Crippen LogP contribution in [0.1, 0.15) is 19.8 Å². The van der Waals surface area contributed by atoms with E-state index in [4.69, 9.17) is 30.4 Å². The van der Waals surface area contributed by atoms with Crippen LogP contribution >= 0.6 is 11.6 Å². The number of pyridine rings is 1. The molecule has 0 aliphatic carbocycles. The summed E-state index contributed by atoms with van der Waals surface area (Å²) in [6.45, 7) is 2.59. The lowest BCUT2D eigenvalue weighted by atomic mass is 9.91. The third-order valence-electron chi connectivity index (χ3n) is 8.35. The highest BCUT2D eigenvalue weighted by molar-refractivity contribution is 7.89. The van der Waals surface area contributed by atoms with E-state index in [0.29, 0.717) is 49.1 Å². The molecular weight excluding hydrogens is 688 g/mol. The number of hydrogen-bond acceptors (Lipinski definition) is 11. The zero-order chi connectivity index (χ0) is 34.7. The standard InChI is InChI=1S/C30H33ClN4O7S.CH4O3S/c1-2-41-28(37)18-40-21-30-20-34(43(38,39)26-6-4-22-15-24(31)5-3-23(22)16-26)17-27(36)35(30)19-29(42-30)9-13-33(14-10-29)25-7-11-32-12-8-25;1-5(2,3)4/h3-8,11-12,15-16H,2,9-10,13-14,17-21H2,1H3;1H3,(H,2,3,4). The molecule has 1 amide bonds. The molecule has 3 aliphatic heterocycles. The molecule has 3 aliphatic rings. The minimum absolute atomic E-state index is 0.0598. The molecule has 0 saturated carbocycles. The number of benzene rings is 2. The average Bonchev–Trinajstić information content (AvgIpc) is 3.35. The molecule has 0 radical (unpaired) electrons. The number of rotatable bonds is 8. The number of aromatic nitrogens is 1. The summed E-state index contributed by atoms with van der Waals surface area (Å²) in [5.74, 6) is -0.928. The van der Waals surface area contributed by atoms with Gasteiger partial charge in [-0.1, -0.05) is 23.7 Å². The van der Waals surface area contributed by atoms with Crippen molar-refractivity contribution in [1.82, 2.24) is 14.2 Å². The van der Waals surface area contributed by atoms with Gasteiger partial charge in [-0.25, -0.2) is 13.2 Å². The lowest BCUT2D eigenvalue weighted by Crippen LogP contribution is -2.65. The van der Waals surface area contributed by atoms with Crippen molar-refractivity contribution in [2.75, 3.05) is 63.7 Å². The SMILES string of the molecule is CCOC(=O)COCC12CN(S(=O)(=O)c3ccc4cc(Cl)ccc4c3)CC(=O)N1CC1(CCN(c3ccncc3)CC1)O2.CS(=O)(=O)O. The summed E-state index contributed by atoms with van der Waals surface area (Å²) < 4.78 is 72.5. The molecule has 260 valence electrons. The average molecular weight is 725 g/mol. The summed E-state index contributed by atoms with van der Waals surface area (Å²) >= 11 is 6.10. The number of nitrogens with zero attached hydrogens (tertiary/aromatic N) is 4. The Morgan fingerprint density at radius 3 is 2.33 bits per heavy atom. The second-order valence-corrected chi connectivity index (χ2v) is 15.7. The molecule has 2 aromatic carbocycles. The van der Waals surface area contributed by atoms with Crippen LogP contribution in [0.2, 0.25) is 5.02 Å². The second-order valence-electron chi connectivity index (χ2n) is 11.9. The first-order valence-electron chi connectivity index (χ1n) is 15.1. The van der Waals surface area contributed by atoms with Crippen molar-refractivity contribution in [2.45, 2.75) is 36.0 Å². The predicted octanol–water partition coefficient (Wildman–Crippen LogP) is 2.57. The predicted molar refractivity (Wildman–Crippen MR) is 177 cm³/mol. The van der Waals surface area contributed by atoms with Crippen molar-refractivity contribution in [2.24, 2.45) is 0 Å². The van der Waals surface area contributed by atoms with Gasteiger partial charge in [-0.05, 0) is 66.9 Å². The molecule has 4 heterocycles. The molecule has 6 rings (SSSR count). The van der Waals surface area contributed by atoms with Gasteiger partial charge in [0, 0.05) is 36.2 Å². The van der Waals surface area contributed by atoms with Crippen molar-refractivity contribution < 1.29 is 45.2 Å². The third kappa shape index (κ3) is 8.25. The van der Waals surface area contributed by atoms with E-state index in [0.717, 1.165) is 15.4 Å².